The maximum absolute atomic E-state index is 5.84. The summed E-state index contributed by atoms with van der Waals surface area (Å²) in [6.07, 6.45) is 1.66. The van der Waals surface area contributed by atoms with Crippen molar-refractivity contribution in [2.75, 3.05) is 14.2 Å². The summed E-state index contributed by atoms with van der Waals surface area (Å²) in [6.45, 7) is 0.467. The van der Waals surface area contributed by atoms with Crippen molar-refractivity contribution in [1.82, 2.24) is 10.7 Å². The minimum Gasteiger partial charge on any atom is -0.493 e. The first-order chi connectivity index (χ1) is 11.6. The van der Waals surface area contributed by atoms with Crippen LogP contribution in [-0.2, 0) is 6.61 Å². The van der Waals surface area contributed by atoms with Crippen LogP contribution < -0.4 is 20.2 Å². The number of hydrazone groups is 1. The molecule has 2 aromatic rings. The third kappa shape index (κ3) is 5.50. The third-order valence-electron chi connectivity index (χ3n) is 3.10. The second kappa shape index (κ2) is 9.24. The van der Waals surface area contributed by atoms with Gasteiger partial charge in [0.15, 0.2) is 16.6 Å². The molecule has 2 N–H and O–H groups in total. The van der Waals surface area contributed by atoms with Crippen LogP contribution in [0.4, 0.5) is 0 Å². The molecule has 5 nitrogen and oxygen atoms in total. The lowest BCUT2D eigenvalue weighted by Gasteiger charge is -2.11. The number of nitrogens with one attached hydrogen (secondary N) is 2. The molecule has 0 saturated carbocycles. The van der Waals surface area contributed by atoms with Gasteiger partial charge in [-0.15, -0.1) is 0 Å². The Bertz CT molecular complexity index is 720. The van der Waals surface area contributed by atoms with Crippen molar-refractivity contribution in [2.45, 2.75) is 6.61 Å². The van der Waals surface area contributed by atoms with Gasteiger partial charge in [0.2, 0.25) is 0 Å². The standard InChI is InChI=1S/C17H18BrN3O2S/c1-19-17(24)21-20-10-13-5-8-15(16(9-13)22-2)23-11-12-3-6-14(18)7-4-12/h3-10H,11H2,1-2H3,(H2,19,21,24)/b20-10-. The van der Waals surface area contributed by atoms with Crippen LogP contribution in [0.5, 0.6) is 11.5 Å². The minimum atomic E-state index is 0.452. The normalized spacial score (nSPS) is 10.5. The minimum absolute atomic E-state index is 0.452. The van der Waals surface area contributed by atoms with Gasteiger partial charge in [-0.1, -0.05) is 28.1 Å². The van der Waals surface area contributed by atoms with Gasteiger partial charge in [-0.3, -0.25) is 5.43 Å². The Morgan fingerprint density at radius 1 is 1.21 bits per heavy atom. The summed E-state index contributed by atoms with van der Waals surface area (Å²) in [5.74, 6) is 1.32. The van der Waals surface area contributed by atoms with E-state index in [4.69, 9.17) is 21.7 Å². The summed E-state index contributed by atoms with van der Waals surface area (Å²) in [6, 6.07) is 13.6. The van der Waals surface area contributed by atoms with E-state index in [2.05, 4.69) is 31.8 Å². The van der Waals surface area contributed by atoms with Crippen molar-refractivity contribution in [3.8, 4) is 11.5 Å². The van der Waals surface area contributed by atoms with E-state index < -0.39 is 0 Å². The zero-order valence-corrected chi connectivity index (χ0v) is 15.8. The summed E-state index contributed by atoms with van der Waals surface area (Å²) in [7, 11) is 3.34. The predicted octanol–water partition coefficient (Wildman–Crippen LogP) is 3.46. The zero-order chi connectivity index (χ0) is 17.4. The summed E-state index contributed by atoms with van der Waals surface area (Å²) < 4.78 is 12.3. The van der Waals surface area contributed by atoms with Gasteiger partial charge in [0, 0.05) is 11.5 Å². The monoisotopic (exact) mass is 407 g/mol. The molecular formula is C17H18BrN3O2S. The zero-order valence-electron chi connectivity index (χ0n) is 13.4. The lowest BCUT2D eigenvalue weighted by molar-refractivity contribution is 0.284. The highest BCUT2D eigenvalue weighted by atomic mass is 79.9. The molecule has 0 amide bonds. The highest BCUT2D eigenvalue weighted by molar-refractivity contribution is 9.10. The Balaban J connectivity index is 2.02. The SMILES string of the molecule is CNC(=S)N/N=C\c1ccc(OCc2ccc(Br)cc2)c(OC)c1. The Morgan fingerprint density at radius 3 is 2.62 bits per heavy atom. The largest absolute Gasteiger partial charge is 0.493 e. The quantitative estimate of drug-likeness (QED) is 0.436. The second-order valence-electron chi connectivity index (χ2n) is 4.77. The Hall–Kier alpha value is -2.12. The number of benzene rings is 2. The molecule has 0 spiro atoms. The van der Waals surface area contributed by atoms with Crippen LogP contribution >= 0.6 is 28.1 Å². The van der Waals surface area contributed by atoms with Crippen LogP contribution in [0.3, 0.4) is 0 Å². The van der Waals surface area contributed by atoms with Gasteiger partial charge in [-0.2, -0.15) is 5.10 Å². The molecule has 0 aliphatic carbocycles. The topological polar surface area (TPSA) is 54.9 Å². The van der Waals surface area contributed by atoms with Gasteiger partial charge in [0.1, 0.15) is 6.61 Å². The van der Waals surface area contributed by atoms with Crippen molar-refractivity contribution in [2.24, 2.45) is 5.10 Å². The molecule has 2 rings (SSSR count). The molecule has 126 valence electrons. The van der Waals surface area contributed by atoms with Crippen LogP contribution in [0.1, 0.15) is 11.1 Å². The van der Waals surface area contributed by atoms with Crippen LogP contribution in [0.25, 0.3) is 0 Å². The second-order valence-corrected chi connectivity index (χ2v) is 6.10. The van der Waals surface area contributed by atoms with E-state index in [0.717, 1.165) is 15.6 Å². The van der Waals surface area contributed by atoms with Gasteiger partial charge in [0.25, 0.3) is 0 Å². The summed E-state index contributed by atoms with van der Waals surface area (Å²) >= 11 is 8.36. The summed E-state index contributed by atoms with van der Waals surface area (Å²) in [5.41, 5.74) is 4.65. The molecule has 0 radical (unpaired) electrons. The Kier molecular flexibility index (Phi) is 7.02. The molecule has 0 aromatic heterocycles. The molecule has 0 unspecified atom stereocenters. The van der Waals surface area contributed by atoms with Crippen molar-refractivity contribution >= 4 is 39.5 Å². The van der Waals surface area contributed by atoms with E-state index in [1.54, 1.807) is 20.4 Å². The van der Waals surface area contributed by atoms with Gasteiger partial charge in [0.05, 0.1) is 13.3 Å². The third-order valence-corrected chi connectivity index (χ3v) is 3.93. The van der Waals surface area contributed by atoms with E-state index in [9.17, 15) is 0 Å². The predicted molar refractivity (Wildman–Crippen MR) is 104 cm³/mol. The Morgan fingerprint density at radius 2 is 1.96 bits per heavy atom. The van der Waals surface area contributed by atoms with E-state index in [1.807, 2.05) is 42.5 Å². The number of hydrogen-bond acceptors (Lipinski definition) is 4. The molecule has 24 heavy (non-hydrogen) atoms. The Labute approximate surface area is 155 Å². The molecule has 0 bridgehead atoms. The average Bonchev–Trinajstić information content (AvgIpc) is 2.61. The van der Waals surface area contributed by atoms with Gasteiger partial charge < -0.3 is 14.8 Å². The highest BCUT2D eigenvalue weighted by Crippen LogP contribution is 2.28. The lowest BCUT2D eigenvalue weighted by atomic mass is 10.2. The maximum Gasteiger partial charge on any atom is 0.186 e. The maximum atomic E-state index is 5.84. The van der Waals surface area contributed by atoms with Crippen molar-refractivity contribution in [3.63, 3.8) is 0 Å². The number of ether oxygens (including phenoxy) is 2. The van der Waals surface area contributed by atoms with Crippen LogP contribution in [-0.4, -0.2) is 25.5 Å². The first-order valence-electron chi connectivity index (χ1n) is 7.18. The molecule has 0 heterocycles. The number of hydrogen-bond donors (Lipinski definition) is 2. The van der Waals surface area contributed by atoms with Crippen LogP contribution in [0.15, 0.2) is 52.0 Å². The molecule has 0 saturated heterocycles. The first-order valence-corrected chi connectivity index (χ1v) is 8.38. The van der Waals surface area contributed by atoms with Crippen molar-refractivity contribution < 1.29 is 9.47 Å². The molecule has 7 heteroatoms. The van der Waals surface area contributed by atoms with Crippen molar-refractivity contribution in [3.05, 3.63) is 58.1 Å². The summed E-state index contributed by atoms with van der Waals surface area (Å²) in [5, 5.41) is 7.27. The van der Waals surface area contributed by atoms with Crippen molar-refractivity contribution in [1.29, 1.82) is 0 Å². The van der Waals surface area contributed by atoms with Gasteiger partial charge >= 0.3 is 0 Å². The molecule has 0 aliphatic rings. The molecule has 0 aliphatic heterocycles. The highest BCUT2D eigenvalue weighted by Gasteiger charge is 2.05. The smallest absolute Gasteiger partial charge is 0.186 e. The number of rotatable bonds is 6. The first kappa shape index (κ1) is 18.2. The summed E-state index contributed by atoms with van der Waals surface area (Å²) in [4.78, 5) is 0. The number of nitrogens with zero attached hydrogens (tertiary/aromatic N) is 1. The lowest BCUT2D eigenvalue weighted by Crippen LogP contribution is -2.28. The van der Waals surface area contributed by atoms with Crippen LogP contribution in [0.2, 0.25) is 0 Å². The fraction of sp³-hybridized carbons (Fsp3) is 0.176. The number of halogens is 1. The fourth-order valence-corrected chi connectivity index (χ4v) is 2.16. The van der Waals surface area contributed by atoms with Gasteiger partial charge in [-0.25, -0.2) is 0 Å². The molecule has 2 aromatic carbocycles. The number of methoxy groups -OCH3 is 1. The molecule has 0 fully saturated rings. The van der Waals surface area contributed by atoms with Crippen LogP contribution in [0, 0.1) is 0 Å². The van der Waals surface area contributed by atoms with Gasteiger partial charge in [-0.05, 0) is 53.7 Å². The fourth-order valence-electron chi connectivity index (χ4n) is 1.85. The molecule has 0 atom stereocenters. The van der Waals surface area contributed by atoms with E-state index in [0.29, 0.717) is 23.2 Å². The average molecular weight is 408 g/mol. The molecular weight excluding hydrogens is 390 g/mol. The van der Waals surface area contributed by atoms with E-state index in [1.165, 1.54) is 0 Å². The number of thiocarbonyl (C=S) groups is 1. The van der Waals surface area contributed by atoms with E-state index >= 15 is 0 Å². The van der Waals surface area contributed by atoms with E-state index in [-0.39, 0.29) is 0 Å².